The Bertz CT molecular complexity index is 6.00. The van der Waals surface area contributed by atoms with Gasteiger partial charge < -0.3 is 11.0 Å². The van der Waals surface area contributed by atoms with E-state index in [-0.39, 0.29) is 41.5 Å². The zero-order chi connectivity index (χ0) is 0. The van der Waals surface area contributed by atoms with Crippen LogP contribution in [0.1, 0.15) is 0 Å². The summed E-state index contributed by atoms with van der Waals surface area (Å²) in [5.74, 6) is 0. The van der Waals surface area contributed by atoms with Gasteiger partial charge in [0.1, 0.15) is 0 Å². The molecule has 0 aromatic carbocycles. The molecule has 0 rings (SSSR count). The minimum Gasteiger partial charge on any atom is -0.412 e. The summed E-state index contributed by atoms with van der Waals surface area (Å²) in [6.07, 6.45) is 0. The molecule has 0 unspecified atom stereocenters. The molecule has 0 aromatic heterocycles. The predicted molar refractivity (Wildman–Crippen MR) is 17.6 cm³/mol. The van der Waals surface area contributed by atoms with Crippen molar-refractivity contribution in [2.75, 3.05) is 0 Å². The minimum absolute atomic E-state index is 0. The van der Waals surface area contributed by atoms with Crippen molar-refractivity contribution in [2.24, 2.45) is 0 Å². The molecule has 0 aromatic rings. The second-order valence-corrected chi connectivity index (χ2v) is 0. The van der Waals surface area contributed by atoms with Crippen molar-refractivity contribution in [2.45, 2.75) is 0 Å². The van der Waals surface area contributed by atoms with Crippen LogP contribution in [0.2, 0.25) is 0 Å². The average Bonchev–Trinajstić information content (AvgIpc) is 0. The predicted octanol–water partition coefficient (Wildman–Crippen LogP) is -1.54. The fourth-order valence-corrected chi connectivity index (χ4v) is 0. The monoisotopic (exact) mass is 133 g/mol. The van der Waals surface area contributed by atoms with Crippen LogP contribution in [0.3, 0.4) is 0 Å². The summed E-state index contributed by atoms with van der Waals surface area (Å²) in [5.41, 5.74) is 0. The van der Waals surface area contributed by atoms with Crippen LogP contribution in [0.4, 0.5) is 0 Å². The molecule has 0 saturated carbocycles. The van der Waals surface area contributed by atoms with Crippen LogP contribution in [0.25, 0.3) is 0 Å². The molecule has 35 valence electrons. The number of hydrogen-bond acceptors (Lipinski definition) is 0. The third-order valence-corrected chi connectivity index (χ3v) is 0. The van der Waals surface area contributed by atoms with Gasteiger partial charge in [-0.2, -0.15) is 13.5 Å². The standard InChI is InChI=1S/Cu.2H2O.H2S/h;3*1H2. The van der Waals surface area contributed by atoms with Crippen molar-refractivity contribution >= 4 is 13.5 Å². The first-order valence-corrected chi connectivity index (χ1v) is 0. The molecule has 0 amide bonds. The largest absolute Gasteiger partial charge is 0.412 e. The molecule has 0 aliphatic rings. The second-order valence-electron chi connectivity index (χ2n) is 0. The molecule has 4 heteroatoms. The molecule has 0 fully saturated rings. The van der Waals surface area contributed by atoms with E-state index >= 15 is 0 Å². The molecular formula is H6CuO2S. The first-order valence-electron chi connectivity index (χ1n) is 0. The van der Waals surface area contributed by atoms with Gasteiger partial charge >= 0.3 is 0 Å². The molecule has 0 aliphatic heterocycles. The average molecular weight is 134 g/mol. The van der Waals surface area contributed by atoms with Crippen LogP contribution in [-0.2, 0) is 17.1 Å². The van der Waals surface area contributed by atoms with Crippen LogP contribution >= 0.6 is 13.5 Å². The molecular weight excluding hydrogens is 128 g/mol. The Hall–Kier alpha value is 0.789. The quantitative estimate of drug-likeness (QED) is 0.360. The Kier molecular flexibility index (Phi) is 1310. The molecule has 0 saturated heterocycles. The van der Waals surface area contributed by atoms with Gasteiger partial charge in [-0.15, -0.1) is 0 Å². The van der Waals surface area contributed by atoms with Crippen molar-refractivity contribution in [3.63, 3.8) is 0 Å². The fraction of sp³-hybridized carbons (Fsp3) is 0. The molecule has 0 aliphatic carbocycles. The van der Waals surface area contributed by atoms with E-state index in [9.17, 15) is 0 Å². The smallest absolute Gasteiger partial charge is 0 e. The van der Waals surface area contributed by atoms with E-state index in [0.717, 1.165) is 0 Å². The third-order valence-electron chi connectivity index (χ3n) is 0. The van der Waals surface area contributed by atoms with Gasteiger partial charge in [-0.1, -0.05) is 0 Å². The SMILES string of the molecule is O.O.S.[Cu]. The van der Waals surface area contributed by atoms with Gasteiger partial charge in [0.25, 0.3) is 0 Å². The van der Waals surface area contributed by atoms with Gasteiger partial charge in [-0.3, -0.25) is 0 Å². The number of rotatable bonds is 0. The third kappa shape index (κ3) is 14.3. The summed E-state index contributed by atoms with van der Waals surface area (Å²) >= 11 is 0. The molecule has 2 nitrogen and oxygen atoms in total. The molecule has 0 heterocycles. The summed E-state index contributed by atoms with van der Waals surface area (Å²) < 4.78 is 0. The summed E-state index contributed by atoms with van der Waals surface area (Å²) in [7, 11) is 0. The zero-order valence-corrected chi connectivity index (χ0v) is 3.74. The van der Waals surface area contributed by atoms with Crippen molar-refractivity contribution in [3.05, 3.63) is 0 Å². The first-order chi connectivity index (χ1) is 0. The van der Waals surface area contributed by atoms with E-state index in [0.29, 0.717) is 0 Å². The maximum absolute atomic E-state index is 0. The van der Waals surface area contributed by atoms with Crippen LogP contribution in [0.15, 0.2) is 0 Å². The topological polar surface area (TPSA) is 63.0 Å². The van der Waals surface area contributed by atoms with Gasteiger partial charge in [-0.05, 0) is 0 Å². The second kappa shape index (κ2) is 47.3. The number of hydrogen-bond donors (Lipinski definition) is 0. The van der Waals surface area contributed by atoms with E-state index in [2.05, 4.69) is 0 Å². The Morgan fingerprint density at radius 1 is 0.750 bits per heavy atom. The normalized spacial score (nSPS) is 0. The molecule has 0 spiro atoms. The molecule has 4 heavy (non-hydrogen) atoms. The van der Waals surface area contributed by atoms with Crippen LogP contribution in [-0.4, -0.2) is 11.0 Å². The first kappa shape index (κ1) is 110. The van der Waals surface area contributed by atoms with Crippen molar-refractivity contribution < 1.29 is 28.0 Å². The van der Waals surface area contributed by atoms with E-state index in [1.165, 1.54) is 0 Å². The van der Waals surface area contributed by atoms with Crippen molar-refractivity contribution in [1.82, 2.24) is 0 Å². The fourth-order valence-electron chi connectivity index (χ4n) is 0. The Morgan fingerprint density at radius 2 is 0.750 bits per heavy atom. The summed E-state index contributed by atoms with van der Waals surface area (Å²) in [4.78, 5) is 0. The van der Waals surface area contributed by atoms with E-state index in [4.69, 9.17) is 0 Å². The summed E-state index contributed by atoms with van der Waals surface area (Å²) in [6.45, 7) is 0. The Morgan fingerprint density at radius 3 is 0.750 bits per heavy atom. The Labute approximate surface area is 42.1 Å². The van der Waals surface area contributed by atoms with Crippen molar-refractivity contribution in [3.8, 4) is 0 Å². The van der Waals surface area contributed by atoms with Gasteiger partial charge in [0.15, 0.2) is 0 Å². The van der Waals surface area contributed by atoms with Gasteiger partial charge in [0.2, 0.25) is 0 Å². The van der Waals surface area contributed by atoms with E-state index in [1.54, 1.807) is 0 Å². The van der Waals surface area contributed by atoms with Crippen LogP contribution < -0.4 is 0 Å². The van der Waals surface area contributed by atoms with Gasteiger partial charge in [-0.25, -0.2) is 0 Å². The maximum atomic E-state index is 0. The molecule has 1 radical (unpaired) electrons. The van der Waals surface area contributed by atoms with Gasteiger partial charge in [0, 0.05) is 17.1 Å². The van der Waals surface area contributed by atoms with Crippen LogP contribution in [0.5, 0.6) is 0 Å². The summed E-state index contributed by atoms with van der Waals surface area (Å²) in [6, 6.07) is 0. The van der Waals surface area contributed by atoms with Crippen LogP contribution in [0, 0.1) is 0 Å². The zero-order valence-electron chi connectivity index (χ0n) is 1.80. The summed E-state index contributed by atoms with van der Waals surface area (Å²) in [5, 5.41) is 0. The molecule has 0 bridgehead atoms. The molecule has 4 N–H and O–H groups in total. The van der Waals surface area contributed by atoms with Gasteiger partial charge in [0.05, 0.1) is 0 Å². The van der Waals surface area contributed by atoms with E-state index in [1.807, 2.05) is 0 Å². The van der Waals surface area contributed by atoms with Crippen molar-refractivity contribution in [1.29, 1.82) is 0 Å². The molecule has 0 atom stereocenters. The van der Waals surface area contributed by atoms with E-state index < -0.39 is 0 Å². The minimum atomic E-state index is 0. The maximum Gasteiger partial charge on any atom is 0 e. The Balaban J connectivity index is 0.